The van der Waals surface area contributed by atoms with Crippen LogP contribution in [0.25, 0.3) is 0 Å². The maximum Gasteiger partial charge on any atom is 0.308 e. The Morgan fingerprint density at radius 2 is 2.15 bits per heavy atom. The fourth-order valence-corrected chi connectivity index (χ4v) is 1.52. The zero-order valence-corrected chi connectivity index (χ0v) is 10.6. The van der Waals surface area contributed by atoms with Crippen molar-refractivity contribution in [2.75, 3.05) is 6.54 Å². The number of nitrogens with zero attached hydrogens (tertiary/aromatic N) is 1. The average Bonchev–Trinajstić information content (AvgIpc) is 2.38. The molecule has 0 fully saturated rings. The minimum atomic E-state index is -1.08. The summed E-state index contributed by atoms with van der Waals surface area (Å²) in [6.45, 7) is 1.46. The predicted molar refractivity (Wildman–Crippen MR) is 66.8 cm³/mol. The van der Waals surface area contributed by atoms with Gasteiger partial charge in [-0.2, -0.15) is 0 Å². The lowest BCUT2D eigenvalue weighted by atomic mass is 10.1. The summed E-state index contributed by atoms with van der Waals surface area (Å²) in [6.07, 6.45) is 0.299. The van der Waals surface area contributed by atoms with Gasteiger partial charge in [0.05, 0.1) is 16.4 Å². The van der Waals surface area contributed by atoms with Crippen LogP contribution < -0.4 is 5.32 Å². The Kier molecular flexibility index (Phi) is 5.13. The lowest BCUT2D eigenvalue weighted by molar-refractivity contribution is -0.384. The molecule has 0 aromatic heterocycles. The van der Waals surface area contributed by atoms with Gasteiger partial charge in [-0.15, -0.1) is 0 Å². The van der Waals surface area contributed by atoms with Crippen LogP contribution in [0.3, 0.4) is 0 Å². The molecule has 1 atom stereocenters. The number of aliphatic carboxylic acids is 1. The Balaban J connectivity index is 2.84. The first-order valence-corrected chi connectivity index (χ1v) is 5.81. The van der Waals surface area contributed by atoms with Crippen molar-refractivity contribution in [3.63, 3.8) is 0 Å². The fraction of sp³-hybridized carbons (Fsp3) is 0.333. The van der Waals surface area contributed by atoms with E-state index in [4.69, 9.17) is 5.11 Å². The van der Waals surface area contributed by atoms with Crippen LogP contribution in [0.5, 0.6) is 0 Å². The number of hydrogen-bond donors (Lipinski definition) is 2. The van der Waals surface area contributed by atoms with Crippen LogP contribution in [-0.2, 0) is 4.79 Å². The van der Waals surface area contributed by atoms with E-state index in [-0.39, 0.29) is 6.54 Å². The van der Waals surface area contributed by atoms with E-state index in [1.165, 1.54) is 0 Å². The van der Waals surface area contributed by atoms with Gasteiger partial charge in [0.25, 0.3) is 11.6 Å². The molecule has 8 heteroatoms. The summed E-state index contributed by atoms with van der Waals surface area (Å²) < 4.78 is 13.4. The number of carbonyl (C=O) groups is 2. The number of carbonyl (C=O) groups excluding carboxylic acids is 1. The van der Waals surface area contributed by atoms with E-state index in [1.807, 2.05) is 0 Å². The normalized spacial score (nSPS) is 11.7. The van der Waals surface area contributed by atoms with Crippen LogP contribution >= 0.6 is 0 Å². The summed E-state index contributed by atoms with van der Waals surface area (Å²) in [4.78, 5) is 32.3. The van der Waals surface area contributed by atoms with Crippen molar-refractivity contribution in [1.29, 1.82) is 0 Å². The van der Waals surface area contributed by atoms with Gasteiger partial charge in [-0.25, -0.2) is 4.39 Å². The van der Waals surface area contributed by atoms with Crippen molar-refractivity contribution in [1.82, 2.24) is 5.32 Å². The third-order valence-corrected chi connectivity index (χ3v) is 2.76. The second-order valence-electron chi connectivity index (χ2n) is 4.07. The van der Waals surface area contributed by atoms with Gasteiger partial charge in [-0.1, -0.05) is 6.92 Å². The van der Waals surface area contributed by atoms with E-state index in [9.17, 15) is 24.1 Å². The highest BCUT2D eigenvalue weighted by molar-refractivity contribution is 5.95. The first kappa shape index (κ1) is 15.5. The van der Waals surface area contributed by atoms with Crippen LogP contribution in [0.4, 0.5) is 10.1 Å². The molecule has 1 rings (SSSR count). The Morgan fingerprint density at radius 3 is 2.65 bits per heavy atom. The smallest absolute Gasteiger partial charge is 0.308 e. The maximum absolute atomic E-state index is 13.4. The third-order valence-electron chi connectivity index (χ3n) is 2.76. The molecule has 7 nitrogen and oxygen atoms in total. The van der Waals surface area contributed by atoms with Crippen LogP contribution in [0.1, 0.15) is 23.7 Å². The third kappa shape index (κ3) is 3.74. The molecular formula is C12H13FN2O5. The topological polar surface area (TPSA) is 110 Å². The van der Waals surface area contributed by atoms with E-state index >= 15 is 0 Å². The number of carboxylic acids is 1. The Bertz CT molecular complexity index is 547. The average molecular weight is 284 g/mol. The van der Waals surface area contributed by atoms with Crippen molar-refractivity contribution in [3.8, 4) is 0 Å². The van der Waals surface area contributed by atoms with Crippen molar-refractivity contribution in [3.05, 3.63) is 39.7 Å². The molecule has 0 bridgehead atoms. The van der Waals surface area contributed by atoms with Gasteiger partial charge in [-0.3, -0.25) is 19.7 Å². The van der Waals surface area contributed by atoms with E-state index in [2.05, 4.69) is 5.32 Å². The van der Waals surface area contributed by atoms with Gasteiger partial charge in [0.15, 0.2) is 0 Å². The maximum atomic E-state index is 13.4. The second-order valence-corrected chi connectivity index (χ2v) is 4.07. The summed E-state index contributed by atoms with van der Waals surface area (Å²) >= 11 is 0. The minimum Gasteiger partial charge on any atom is -0.481 e. The SMILES string of the molecule is CCC(CNC(=O)c1cc([N+](=O)[O-])ccc1F)C(=O)O. The number of amides is 1. The number of nitrogens with one attached hydrogen (secondary N) is 1. The fourth-order valence-electron chi connectivity index (χ4n) is 1.52. The summed E-state index contributed by atoms with van der Waals surface area (Å²) in [6, 6.07) is 2.58. The molecule has 0 aliphatic heterocycles. The molecule has 20 heavy (non-hydrogen) atoms. The predicted octanol–water partition coefficient (Wildman–Crippen LogP) is 1.57. The molecule has 1 amide bonds. The molecule has 0 radical (unpaired) electrons. The van der Waals surface area contributed by atoms with Crippen molar-refractivity contribution >= 4 is 17.6 Å². The molecule has 2 N–H and O–H groups in total. The van der Waals surface area contributed by atoms with Gasteiger partial charge in [0.1, 0.15) is 5.82 Å². The Morgan fingerprint density at radius 1 is 1.50 bits per heavy atom. The lowest BCUT2D eigenvalue weighted by Crippen LogP contribution is -2.33. The molecule has 0 aliphatic rings. The quantitative estimate of drug-likeness (QED) is 0.608. The molecule has 0 spiro atoms. The second kappa shape index (κ2) is 6.60. The van der Waals surface area contributed by atoms with Crippen LogP contribution in [0, 0.1) is 21.8 Å². The van der Waals surface area contributed by atoms with E-state index in [1.54, 1.807) is 6.92 Å². The standard InChI is InChI=1S/C12H13FN2O5/c1-2-7(12(17)18)6-14-11(16)9-5-8(15(19)20)3-4-10(9)13/h3-5,7H,2,6H2,1H3,(H,14,16)(H,17,18). The number of nitro benzene ring substituents is 1. The Hall–Kier alpha value is -2.51. The van der Waals surface area contributed by atoms with Crippen molar-refractivity contribution < 1.29 is 24.0 Å². The number of hydrogen-bond acceptors (Lipinski definition) is 4. The molecule has 108 valence electrons. The molecule has 1 aromatic carbocycles. The summed E-state index contributed by atoms with van der Waals surface area (Å²) in [5.74, 6) is -3.66. The number of carboxylic acid groups (broad SMARTS) is 1. The molecule has 1 unspecified atom stereocenters. The van der Waals surface area contributed by atoms with Gasteiger partial charge < -0.3 is 10.4 Å². The van der Waals surface area contributed by atoms with Gasteiger partial charge in [0, 0.05) is 18.7 Å². The highest BCUT2D eigenvalue weighted by Gasteiger charge is 2.20. The molecular weight excluding hydrogens is 271 g/mol. The highest BCUT2D eigenvalue weighted by Crippen LogP contribution is 2.16. The number of rotatable bonds is 6. The molecule has 0 heterocycles. The van der Waals surface area contributed by atoms with E-state index in [0.29, 0.717) is 6.42 Å². The number of halogens is 1. The van der Waals surface area contributed by atoms with E-state index < -0.39 is 39.8 Å². The number of non-ortho nitro benzene ring substituents is 1. The summed E-state index contributed by atoms with van der Waals surface area (Å²) in [5, 5.41) is 21.6. The van der Waals surface area contributed by atoms with Crippen molar-refractivity contribution in [2.45, 2.75) is 13.3 Å². The first-order valence-electron chi connectivity index (χ1n) is 5.81. The van der Waals surface area contributed by atoms with Gasteiger partial charge in [-0.05, 0) is 12.5 Å². The number of nitro groups is 1. The zero-order valence-electron chi connectivity index (χ0n) is 10.6. The first-order chi connectivity index (χ1) is 9.36. The zero-order chi connectivity index (χ0) is 15.3. The monoisotopic (exact) mass is 284 g/mol. The molecule has 0 saturated carbocycles. The highest BCUT2D eigenvalue weighted by atomic mass is 19.1. The number of benzene rings is 1. The lowest BCUT2D eigenvalue weighted by Gasteiger charge is -2.11. The molecule has 0 saturated heterocycles. The summed E-state index contributed by atoms with van der Waals surface area (Å²) in [5.41, 5.74) is -0.902. The van der Waals surface area contributed by atoms with Crippen LogP contribution in [0.2, 0.25) is 0 Å². The van der Waals surface area contributed by atoms with Crippen LogP contribution in [-0.4, -0.2) is 28.5 Å². The van der Waals surface area contributed by atoms with Gasteiger partial charge >= 0.3 is 5.97 Å². The molecule has 1 aromatic rings. The Labute approximate surface area is 113 Å². The summed E-state index contributed by atoms with van der Waals surface area (Å²) in [7, 11) is 0. The molecule has 0 aliphatic carbocycles. The van der Waals surface area contributed by atoms with Crippen molar-refractivity contribution in [2.24, 2.45) is 5.92 Å². The van der Waals surface area contributed by atoms with Crippen LogP contribution in [0.15, 0.2) is 18.2 Å². The van der Waals surface area contributed by atoms with E-state index in [0.717, 1.165) is 18.2 Å². The largest absolute Gasteiger partial charge is 0.481 e. The minimum absolute atomic E-state index is 0.174. The van der Waals surface area contributed by atoms with Gasteiger partial charge in [0.2, 0.25) is 0 Å².